The van der Waals surface area contributed by atoms with E-state index in [1.807, 2.05) is 6.07 Å². The van der Waals surface area contributed by atoms with E-state index in [1.165, 1.54) is 12.4 Å². The van der Waals surface area contributed by atoms with E-state index in [9.17, 15) is 0 Å². The maximum absolute atomic E-state index is 8.07. The van der Waals surface area contributed by atoms with Crippen LogP contribution in [0.4, 0.5) is 0 Å². The van der Waals surface area contributed by atoms with Gasteiger partial charge in [-0.05, 0) is 6.08 Å². The van der Waals surface area contributed by atoms with Crippen LogP contribution in [-0.4, -0.2) is 15.2 Å². The zero-order valence-corrected chi connectivity index (χ0v) is 4.57. The summed E-state index contributed by atoms with van der Waals surface area (Å²) in [5.41, 5.74) is 0. The van der Waals surface area contributed by atoms with E-state index in [4.69, 9.17) is 5.26 Å². The van der Waals surface area contributed by atoms with Crippen LogP contribution in [0.2, 0.25) is 0 Å². The quantitative estimate of drug-likeness (QED) is 0.543. The molecule has 1 aromatic rings. The number of hydrogen-bond donors (Lipinski definition) is 1. The van der Waals surface area contributed by atoms with E-state index in [0.29, 0.717) is 5.82 Å². The van der Waals surface area contributed by atoms with E-state index < -0.39 is 0 Å². The van der Waals surface area contributed by atoms with E-state index in [-0.39, 0.29) is 0 Å². The lowest BCUT2D eigenvalue weighted by atomic mass is 10.5. The van der Waals surface area contributed by atoms with E-state index in [2.05, 4.69) is 15.2 Å². The predicted molar refractivity (Wildman–Crippen MR) is 31.0 cm³/mol. The molecule has 0 saturated heterocycles. The van der Waals surface area contributed by atoms with Gasteiger partial charge in [0.25, 0.3) is 0 Å². The van der Waals surface area contributed by atoms with Gasteiger partial charge < -0.3 is 0 Å². The Kier molecular flexibility index (Phi) is 1.60. The third kappa shape index (κ3) is 1.39. The highest BCUT2D eigenvalue weighted by Crippen LogP contribution is 1.86. The summed E-state index contributed by atoms with van der Waals surface area (Å²) in [5, 5.41) is 14.2. The van der Waals surface area contributed by atoms with Gasteiger partial charge in [-0.3, -0.25) is 5.10 Å². The molecule has 4 nitrogen and oxygen atoms in total. The van der Waals surface area contributed by atoms with Crippen molar-refractivity contribution in [2.75, 3.05) is 0 Å². The Morgan fingerprint density at radius 1 is 1.78 bits per heavy atom. The van der Waals surface area contributed by atoms with Crippen LogP contribution in [0.25, 0.3) is 6.08 Å². The van der Waals surface area contributed by atoms with Crippen LogP contribution < -0.4 is 0 Å². The first kappa shape index (κ1) is 5.51. The molecule has 44 valence electrons. The number of nitrogens with zero attached hydrogens (tertiary/aromatic N) is 3. The smallest absolute Gasteiger partial charge is 0.148 e. The lowest BCUT2D eigenvalue weighted by Crippen LogP contribution is -1.71. The Bertz CT molecular complexity index is 228. The topological polar surface area (TPSA) is 65.4 Å². The van der Waals surface area contributed by atoms with E-state index in [1.54, 1.807) is 6.08 Å². The molecule has 0 aliphatic heterocycles. The second-order valence-electron chi connectivity index (χ2n) is 1.33. The molecule has 1 N–H and O–H groups in total. The van der Waals surface area contributed by atoms with Crippen LogP contribution in [0.3, 0.4) is 0 Å². The first-order chi connectivity index (χ1) is 4.43. The molecule has 4 heteroatoms. The highest BCUT2D eigenvalue weighted by molar-refractivity contribution is 5.42. The lowest BCUT2D eigenvalue weighted by Gasteiger charge is -1.73. The van der Waals surface area contributed by atoms with Crippen molar-refractivity contribution in [1.82, 2.24) is 15.2 Å². The summed E-state index contributed by atoms with van der Waals surface area (Å²) < 4.78 is 0. The summed E-state index contributed by atoms with van der Waals surface area (Å²) in [7, 11) is 0. The van der Waals surface area contributed by atoms with Crippen LogP contribution in [0.5, 0.6) is 0 Å². The molecule has 0 amide bonds. The third-order valence-electron chi connectivity index (χ3n) is 0.749. The molecule has 1 heterocycles. The van der Waals surface area contributed by atoms with Gasteiger partial charge in [0, 0.05) is 6.08 Å². The van der Waals surface area contributed by atoms with Crippen LogP contribution in [0, 0.1) is 11.3 Å². The highest BCUT2D eigenvalue weighted by atomic mass is 15.2. The molecule has 1 aromatic heterocycles. The zero-order chi connectivity index (χ0) is 6.53. The first-order valence-corrected chi connectivity index (χ1v) is 2.35. The van der Waals surface area contributed by atoms with Gasteiger partial charge in [-0.2, -0.15) is 10.4 Å². The third-order valence-corrected chi connectivity index (χ3v) is 0.749. The Morgan fingerprint density at radius 2 is 2.67 bits per heavy atom. The van der Waals surface area contributed by atoms with Gasteiger partial charge in [0.2, 0.25) is 0 Å². The minimum atomic E-state index is 0.594. The number of nitriles is 1. The molecule has 1 rings (SSSR count). The molecule has 0 atom stereocenters. The maximum atomic E-state index is 8.07. The molecule has 0 radical (unpaired) electrons. The van der Waals surface area contributed by atoms with Gasteiger partial charge in [-0.25, -0.2) is 4.98 Å². The predicted octanol–water partition coefficient (Wildman–Crippen LogP) is 0.341. The Hall–Kier alpha value is -1.63. The summed E-state index contributed by atoms with van der Waals surface area (Å²) >= 11 is 0. The molecule has 0 spiro atoms. The summed E-state index contributed by atoms with van der Waals surface area (Å²) in [6.45, 7) is 0. The Labute approximate surface area is 51.8 Å². The van der Waals surface area contributed by atoms with Crippen molar-refractivity contribution < 1.29 is 0 Å². The highest BCUT2D eigenvalue weighted by Gasteiger charge is 1.82. The summed E-state index contributed by atoms with van der Waals surface area (Å²) in [4.78, 5) is 3.75. The Morgan fingerprint density at radius 3 is 3.22 bits per heavy atom. The molecular weight excluding hydrogens is 116 g/mol. The second kappa shape index (κ2) is 2.62. The average Bonchev–Trinajstić information content (AvgIpc) is 2.34. The normalized spacial score (nSPS) is 9.67. The van der Waals surface area contributed by atoms with Crippen LogP contribution >= 0.6 is 0 Å². The van der Waals surface area contributed by atoms with Crippen molar-refractivity contribution in [1.29, 1.82) is 5.26 Å². The summed E-state index contributed by atoms with van der Waals surface area (Å²) in [6, 6.07) is 1.84. The number of allylic oxidation sites excluding steroid dienone is 1. The summed E-state index contributed by atoms with van der Waals surface area (Å²) in [5.74, 6) is 0.594. The van der Waals surface area contributed by atoms with Crippen molar-refractivity contribution in [3.8, 4) is 6.07 Å². The monoisotopic (exact) mass is 120 g/mol. The largest absolute Gasteiger partial charge is 0.260 e. The fraction of sp³-hybridized carbons (Fsp3) is 0. The molecule has 0 unspecified atom stereocenters. The van der Waals surface area contributed by atoms with Crippen molar-refractivity contribution in [3.63, 3.8) is 0 Å². The molecule has 0 aromatic carbocycles. The number of hydrogen-bond acceptors (Lipinski definition) is 3. The molecule has 0 aliphatic rings. The van der Waals surface area contributed by atoms with Gasteiger partial charge in [0.15, 0.2) is 0 Å². The van der Waals surface area contributed by atoms with E-state index in [0.717, 1.165) is 0 Å². The molecule has 0 aliphatic carbocycles. The lowest BCUT2D eigenvalue weighted by molar-refractivity contribution is 1.08. The van der Waals surface area contributed by atoms with Crippen molar-refractivity contribution in [2.24, 2.45) is 0 Å². The average molecular weight is 120 g/mol. The Balaban J connectivity index is 2.71. The van der Waals surface area contributed by atoms with Crippen LogP contribution in [0.1, 0.15) is 5.82 Å². The van der Waals surface area contributed by atoms with Crippen LogP contribution in [-0.2, 0) is 0 Å². The number of aromatic amines is 1. The minimum Gasteiger partial charge on any atom is -0.260 e. The summed E-state index contributed by atoms with van der Waals surface area (Å²) in [6.07, 6.45) is 4.27. The zero-order valence-electron chi connectivity index (χ0n) is 4.57. The van der Waals surface area contributed by atoms with Gasteiger partial charge in [0.1, 0.15) is 12.2 Å². The number of aromatic nitrogens is 3. The fourth-order valence-electron chi connectivity index (χ4n) is 0.411. The SMILES string of the molecule is N#C/C=C/c1ncn[nH]1. The molecule has 0 bridgehead atoms. The number of rotatable bonds is 1. The molecule has 0 fully saturated rings. The van der Waals surface area contributed by atoms with Crippen LogP contribution in [0.15, 0.2) is 12.4 Å². The van der Waals surface area contributed by atoms with Gasteiger partial charge in [-0.15, -0.1) is 0 Å². The van der Waals surface area contributed by atoms with E-state index >= 15 is 0 Å². The molecular formula is C5H4N4. The van der Waals surface area contributed by atoms with Crippen molar-refractivity contribution in [2.45, 2.75) is 0 Å². The minimum absolute atomic E-state index is 0.594. The van der Waals surface area contributed by atoms with Gasteiger partial charge >= 0.3 is 0 Å². The fourth-order valence-corrected chi connectivity index (χ4v) is 0.411. The van der Waals surface area contributed by atoms with Gasteiger partial charge in [0.05, 0.1) is 6.07 Å². The second-order valence-corrected chi connectivity index (χ2v) is 1.33. The van der Waals surface area contributed by atoms with Crippen molar-refractivity contribution in [3.05, 3.63) is 18.2 Å². The first-order valence-electron chi connectivity index (χ1n) is 2.35. The molecule has 9 heavy (non-hydrogen) atoms. The van der Waals surface area contributed by atoms with Gasteiger partial charge in [-0.1, -0.05) is 0 Å². The standard InChI is InChI=1S/C5H4N4/c6-3-1-2-5-7-4-8-9-5/h1-2,4H,(H,7,8,9)/b2-1+. The number of H-pyrrole nitrogens is 1. The maximum Gasteiger partial charge on any atom is 0.148 e. The van der Waals surface area contributed by atoms with Crippen molar-refractivity contribution >= 4 is 6.08 Å². The number of nitrogens with one attached hydrogen (secondary N) is 1. The molecule has 0 saturated carbocycles.